The molecule has 0 aliphatic carbocycles. The van der Waals surface area contributed by atoms with Crippen LogP contribution in [0, 0.1) is 0 Å². The maximum absolute atomic E-state index is 12.5. The van der Waals surface area contributed by atoms with Gasteiger partial charge in [0, 0.05) is 19.6 Å². The molecule has 122 valence electrons. The number of rotatable bonds is 5. The predicted molar refractivity (Wildman–Crippen MR) is 87.0 cm³/mol. The van der Waals surface area contributed by atoms with Crippen LogP contribution < -0.4 is 0 Å². The number of likely N-dealkylation sites (tertiary alicyclic amines) is 1. The summed E-state index contributed by atoms with van der Waals surface area (Å²) in [5.74, 6) is -0.103. The predicted octanol–water partition coefficient (Wildman–Crippen LogP) is 1.50. The average Bonchev–Trinajstić information content (AvgIpc) is 2.47. The highest BCUT2D eigenvalue weighted by atomic mass is 32.2. The first-order valence-electron chi connectivity index (χ1n) is 7.62. The Morgan fingerprint density at radius 1 is 1.27 bits per heavy atom. The molecular weight excluding hydrogens is 300 g/mol. The molecule has 6 heteroatoms. The quantitative estimate of drug-likeness (QED) is 0.825. The zero-order valence-electron chi connectivity index (χ0n) is 13.2. The van der Waals surface area contributed by atoms with E-state index in [-0.39, 0.29) is 18.5 Å². The van der Waals surface area contributed by atoms with Crippen molar-refractivity contribution in [3.63, 3.8) is 0 Å². The van der Waals surface area contributed by atoms with Gasteiger partial charge in [0.1, 0.15) is 0 Å². The highest BCUT2D eigenvalue weighted by Crippen LogP contribution is 2.21. The monoisotopic (exact) mass is 324 g/mol. The van der Waals surface area contributed by atoms with E-state index in [0.29, 0.717) is 6.54 Å². The molecule has 1 aromatic carbocycles. The van der Waals surface area contributed by atoms with Crippen LogP contribution in [0.5, 0.6) is 0 Å². The number of piperidine rings is 1. The van der Waals surface area contributed by atoms with Crippen molar-refractivity contribution in [2.75, 3.05) is 26.4 Å². The molecular formula is C16H24N2O3S. The van der Waals surface area contributed by atoms with Crippen LogP contribution in [-0.2, 0) is 21.2 Å². The third-order valence-corrected chi connectivity index (χ3v) is 5.45. The summed E-state index contributed by atoms with van der Waals surface area (Å²) in [6.45, 7) is 0.637. The van der Waals surface area contributed by atoms with Crippen LogP contribution in [0.2, 0.25) is 0 Å². The minimum absolute atomic E-state index is 0.0792. The molecule has 1 heterocycles. The maximum Gasteiger partial charge on any atom is 0.238 e. The minimum Gasteiger partial charge on any atom is -0.338 e. The Morgan fingerprint density at radius 2 is 1.95 bits per heavy atom. The van der Waals surface area contributed by atoms with Crippen molar-refractivity contribution in [2.45, 2.75) is 31.7 Å². The first-order valence-corrected chi connectivity index (χ1v) is 9.47. The van der Waals surface area contributed by atoms with E-state index in [1.165, 1.54) is 12.6 Å². The molecule has 2 rings (SSSR count). The van der Waals surface area contributed by atoms with Gasteiger partial charge in [-0.05, 0) is 31.2 Å². The Hall–Kier alpha value is -1.40. The van der Waals surface area contributed by atoms with E-state index < -0.39 is 10.0 Å². The zero-order chi connectivity index (χ0) is 16.2. The van der Waals surface area contributed by atoms with Crippen molar-refractivity contribution in [3.05, 3.63) is 35.9 Å². The molecule has 1 aromatic rings. The molecule has 1 aliphatic heterocycles. The molecule has 0 saturated carbocycles. The molecule has 0 spiro atoms. The summed E-state index contributed by atoms with van der Waals surface area (Å²) in [6, 6.07) is 10.3. The van der Waals surface area contributed by atoms with Crippen molar-refractivity contribution < 1.29 is 13.2 Å². The van der Waals surface area contributed by atoms with Crippen molar-refractivity contribution in [1.29, 1.82) is 0 Å². The fraction of sp³-hybridized carbons (Fsp3) is 0.562. The van der Waals surface area contributed by atoms with E-state index in [1.54, 1.807) is 0 Å². The zero-order valence-corrected chi connectivity index (χ0v) is 14.1. The lowest BCUT2D eigenvalue weighted by molar-refractivity contribution is -0.134. The summed E-state index contributed by atoms with van der Waals surface area (Å²) in [5, 5.41) is 0. The molecule has 0 unspecified atom stereocenters. The van der Waals surface area contributed by atoms with Crippen molar-refractivity contribution in [3.8, 4) is 0 Å². The number of sulfonamides is 1. The summed E-state index contributed by atoms with van der Waals surface area (Å²) in [6.07, 6.45) is 5.03. The van der Waals surface area contributed by atoms with Crippen LogP contribution in [0.1, 0.15) is 24.8 Å². The fourth-order valence-corrected chi connectivity index (χ4v) is 3.17. The minimum atomic E-state index is -3.33. The summed E-state index contributed by atoms with van der Waals surface area (Å²) < 4.78 is 24.1. The second-order valence-electron chi connectivity index (χ2n) is 5.95. The third kappa shape index (κ3) is 4.55. The van der Waals surface area contributed by atoms with Crippen LogP contribution in [-0.4, -0.2) is 56.0 Å². The Labute approximate surface area is 133 Å². The molecule has 0 bridgehead atoms. The molecule has 1 amide bonds. The van der Waals surface area contributed by atoms with Gasteiger partial charge < -0.3 is 4.90 Å². The number of hydrogen-bond donors (Lipinski definition) is 0. The number of hydrogen-bond acceptors (Lipinski definition) is 3. The van der Waals surface area contributed by atoms with E-state index in [9.17, 15) is 13.2 Å². The lowest BCUT2D eigenvalue weighted by Gasteiger charge is -2.36. The average molecular weight is 324 g/mol. The number of likely N-dealkylation sites (N-methyl/N-ethyl adjacent to an activating group) is 1. The molecule has 5 nitrogen and oxygen atoms in total. The summed E-state index contributed by atoms with van der Waals surface area (Å²) in [5.41, 5.74) is 1.21. The normalized spacial score (nSPS) is 19.4. The standard InChI is InChI=1S/C16H24N2O3S/c1-17(22(2,20)21)13-16(19)18-11-7-6-10-15(18)12-14-8-4-3-5-9-14/h3-5,8-9,15H,6-7,10-13H2,1-2H3/t15-/m1/s1. The van der Waals surface area contributed by atoms with E-state index in [2.05, 4.69) is 12.1 Å². The van der Waals surface area contributed by atoms with Gasteiger partial charge in [-0.15, -0.1) is 0 Å². The van der Waals surface area contributed by atoms with E-state index in [1.807, 2.05) is 23.1 Å². The summed E-state index contributed by atoms with van der Waals surface area (Å²) in [4.78, 5) is 14.3. The Morgan fingerprint density at radius 3 is 2.59 bits per heavy atom. The smallest absolute Gasteiger partial charge is 0.238 e. The Balaban J connectivity index is 2.04. The summed E-state index contributed by atoms with van der Waals surface area (Å²) in [7, 11) is -1.88. The van der Waals surface area contributed by atoms with E-state index >= 15 is 0 Å². The topological polar surface area (TPSA) is 57.7 Å². The number of carbonyl (C=O) groups is 1. The van der Waals surface area contributed by atoms with Crippen molar-refractivity contribution in [1.82, 2.24) is 9.21 Å². The van der Waals surface area contributed by atoms with Crippen LogP contribution in [0.25, 0.3) is 0 Å². The molecule has 0 radical (unpaired) electrons. The van der Waals surface area contributed by atoms with Gasteiger partial charge in [-0.3, -0.25) is 4.79 Å². The van der Waals surface area contributed by atoms with Crippen LogP contribution in [0.15, 0.2) is 30.3 Å². The van der Waals surface area contributed by atoms with E-state index in [4.69, 9.17) is 0 Å². The van der Waals surface area contributed by atoms with Gasteiger partial charge in [0.2, 0.25) is 15.9 Å². The van der Waals surface area contributed by atoms with Crippen LogP contribution in [0.4, 0.5) is 0 Å². The van der Waals surface area contributed by atoms with Crippen molar-refractivity contribution in [2.24, 2.45) is 0 Å². The largest absolute Gasteiger partial charge is 0.338 e. The first-order chi connectivity index (χ1) is 10.4. The Kier molecular flexibility index (Phi) is 5.58. The molecule has 22 heavy (non-hydrogen) atoms. The highest BCUT2D eigenvalue weighted by molar-refractivity contribution is 7.88. The molecule has 1 fully saturated rings. The molecule has 0 aromatic heterocycles. The lowest BCUT2D eigenvalue weighted by atomic mass is 9.95. The van der Waals surface area contributed by atoms with Crippen molar-refractivity contribution >= 4 is 15.9 Å². The second-order valence-corrected chi connectivity index (χ2v) is 8.03. The van der Waals surface area contributed by atoms with E-state index in [0.717, 1.165) is 36.2 Å². The lowest BCUT2D eigenvalue weighted by Crippen LogP contribution is -2.49. The van der Waals surface area contributed by atoms with Gasteiger partial charge in [0.05, 0.1) is 12.8 Å². The number of nitrogens with zero attached hydrogens (tertiary/aromatic N) is 2. The first kappa shape index (κ1) is 17.0. The Bertz CT molecular complexity index is 601. The SMILES string of the molecule is CN(CC(=O)N1CCCC[C@@H]1Cc1ccccc1)S(C)(=O)=O. The molecule has 1 atom stereocenters. The molecule has 1 saturated heterocycles. The number of carbonyl (C=O) groups excluding carboxylic acids is 1. The number of amides is 1. The molecule has 0 N–H and O–H groups in total. The summed E-state index contributed by atoms with van der Waals surface area (Å²) >= 11 is 0. The third-order valence-electron chi connectivity index (χ3n) is 4.19. The van der Waals surface area contributed by atoms with Gasteiger partial charge in [-0.2, -0.15) is 4.31 Å². The number of benzene rings is 1. The van der Waals surface area contributed by atoms with Gasteiger partial charge in [-0.1, -0.05) is 30.3 Å². The molecule has 1 aliphatic rings. The van der Waals surface area contributed by atoms with Gasteiger partial charge in [0.15, 0.2) is 0 Å². The van der Waals surface area contributed by atoms with Crippen LogP contribution in [0.3, 0.4) is 0 Å². The maximum atomic E-state index is 12.5. The van der Waals surface area contributed by atoms with Gasteiger partial charge >= 0.3 is 0 Å². The van der Waals surface area contributed by atoms with Crippen LogP contribution >= 0.6 is 0 Å². The highest BCUT2D eigenvalue weighted by Gasteiger charge is 2.28. The van der Waals surface area contributed by atoms with Gasteiger partial charge in [-0.25, -0.2) is 8.42 Å². The second kappa shape index (κ2) is 7.24. The fourth-order valence-electron chi connectivity index (χ4n) is 2.83. The van der Waals surface area contributed by atoms with Gasteiger partial charge in [0.25, 0.3) is 0 Å².